The van der Waals surface area contributed by atoms with E-state index in [1.807, 2.05) is 6.92 Å². The van der Waals surface area contributed by atoms with Crippen molar-refractivity contribution in [1.29, 1.82) is 0 Å². The molecular weight excluding hydrogens is 224 g/mol. The summed E-state index contributed by atoms with van der Waals surface area (Å²) in [7, 11) is 1.51. The second kappa shape index (κ2) is 6.36. The van der Waals surface area contributed by atoms with Gasteiger partial charge in [-0.05, 0) is 12.5 Å². The monoisotopic (exact) mass is 242 g/mol. The van der Waals surface area contributed by atoms with Gasteiger partial charge in [0.2, 0.25) is 0 Å². The van der Waals surface area contributed by atoms with E-state index in [4.69, 9.17) is 9.84 Å². The average Bonchev–Trinajstić information content (AvgIpc) is 2.71. The van der Waals surface area contributed by atoms with Crippen LogP contribution < -0.4 is 5.32 Å². The Balaban J connectivity index is 2.79. The number of hydrogen-bond donors (Lipinski definition) is 2. The molecule has 2 N–H and O–H groups in total. The van der Waals surface area contributed by atoms with Crippen LogP contribution in [0.25, 0.3) is 0 Å². The van der Waals surface area contributed by atoms with Gasteiger partial charge in [-0.3, -0.25) is 9.69 Å². The van der Waals surface area contributed by atoms with Gasteiger partial charge in [-0.1, -0.05) is 6.92 Å². The minimum atomic E-state index is -0.455. The summed E-state index contributed by atoms with van der Waals surface area (Å²) in [5, 5.41) is 11.5. The molecule has 0 aromatic heterocycles. The van der Waals surface area contributed by atoms with Crippen LogP contribution in [-0.4, -0.2) is 48.3 Å². The van der Waals surface area contributed by atoms with Crippen LogP contribution in [0.5, 0.6) is 0 Å². The molecule has 17 heavy (non-hydrogen) atoms. The van der Waals surface area contributed by atoms with E-state index in [1.165, 1.54) is 24.2 Å². The van der Waals surface area contributed by atoms with E-state index in [0.717, 1.165) is 0 Å². The van der Waals surface area contributed by atoms with Crippen LogP contribution in [0.4, 0.5) is 4.79 Å². The van der Waals surface area contributed by atoms with Crippen molar-refractivity contribution in [2.45, 2.75) is 25.7 Å². The van der Waals surface area contributed by atoms with E-state index in [-0.39, 0.29) is 24.7 Å². The number of amides is 2. The Morgan fingerprint density at radius 3 is 2.82 bits per heavy atom. The number of urea groups is 1. The number of nitrogens with zero attached hydrogens (tertiary/aromatic N) is 1. The maximum Gasteiger partial charge on any atom is 0.323 e. The lowest BCUT2D eigenvalue weighted by Gasteiger charge is -2.27. The number of hydrogen-bond acceptors (Lipinski definition) is 4. The number of aliphatic hydroxyl groups excluding tert-OH is 1. The van der Waals surface area contributed by atoms with Gasteiger partial charge in [-0.2, -0.15) is 0 Å². The van der Waals surface area contributed by atoms with Crippen molar-refractivity contribution < 1.29 is 19.4 Å². The second-order valence-corrected chi connectivity index (χ2v) is 3.98. The van der Waals surface area contributed by atoms with Gasteiger partial charge in [0.05, 0.1) is 12.7 Å². The summed E-state index contributed by atoms with van der Waals surface area (Å²) in [6.45, 7) is 1.87. The second-order valence-electron chi connectivity index (χ2n) is 3.98. The Labute approximate surface area is 100 Å². The molecule has 0 aromatic rings. The third kappa shape index (κ3) is 3.28. The molecule has 1 aliphatic rings. The van der Waals surface area contributed by atoms with E-state index >= 15 is 0 Å². The molecule has 96 valence electrons. The summed E-state index contributed by atoms with van der Waals surface area (Å²) in [5.41, 5.74) is 0. The molecule has 0 spiro atoms. The van der Waals surface area contributed by atoms with Crippen LogP contribution in [-0.2, 0) is 9.53 Å². The van der Waals surface area contributed by atoms with Gasteiger partial charge < -0.3 is 15.2 Å². The summed E-state index contributed by atoms with van der Waals surface area (Å²) >= 11 is 0. The molecular formula is C11H18N2O4. The Morgan fingerprint density at radius 1 is 1.65 bits per heavy atom. The molecule has 0 saturated carbocycles. The molecule has 6 heteroatoms. The van der Waals surface area contributed by atoms with Crippen LogP contribution in [0.1, 0.15) is 13.3 Å². The van der Waals surface area contributed by atoms with Crippen molar-refractivity contribution in [1.82, 2.24) is 10.2 Å². The first kappa shape index (κ1) is 13.7. The zero-order chi connectivity index (χ0) is 12.8. The zero-order valence-electron chi connectivity index (χ0n) is 10.00. The van der Waals surface area contributed by atoms with Crippen LogP contribution in [0.2, 0.25) is 0 Å². The smallest absolute Gasteiger partial charge is 0.323 e. The first-order chi connectivity index (χ1) is 8.13. The Bertz CT molecular complexity index is 306. The molecule has 3 atom stereocenters. The third-order valence-electron chi connectivity index (χ3n) is 2.70. The van der Waals surface area contributed by atoms with Gasteiger partial charge in [-0.25, -0.2) is 4.79 Å². The quantitative estimate of drug-likeness (QED) is 0.540. The van der Waals surface area contributed by atoms with Crippen LogP contribution in [0.15, 0.2) is 12.3 Å². The molecule has 0 bridgehead atoms. The Morgan fingerprint density at radius 2 is 2.35 bits per heavy atom. The molecule has 1 heterocycles. The van der Waals surface area contributed by atoms with E-state index in [9.17, 15) is 9.59 Å². The Hall–Kier alpha value is -1.40. The van der Waals surface area contributed by atoms with Gasteiger partial charge in [0.15, 0.2) is 0 Å². The highest BCUT2D eigenvalue weighted by Crippen LogP contribution is 2.28. The Kier molecular flexibility index (Phi) is 5.11. The number of aldehydes is 1. The van der Waals surface area contributed by atoms with E-state index in [2.05, 4.69) is 5.32 Å². The normalized spacial score (nSPS) is 28.3. The number of aliphatic hydroxyl groups is 1. The summed E-state index contributed by atoms with van der Waals surface area (Å²) in [6, 6.07) is -0.349. The summed E-state index contributed by atoms with van der Waals surface area (Å²) in [5.74, 6) is 0.0979. The average molecular weight is 242 g/mol. The largest absolute Gasteiger partial charge is 0.394 e. The topological polar surface area (TPSA) is 78.9 Å². The van der Waals surface area contributed by atoms with Crippen molar-refractivity contribution in [3.05, 3.63) is 12.3 Å². The minimum Gasteiger partial charge on any atom is -0.394 e. The number of carbonyl (C=O) groups excluding carboxylic acids is 2. The molecule has 0 aromatic carbocycles. The fourth-order valence-corrected chi connectivity index (χ4v) is 1.90. The number of ether oxygens (including phenoxy) is 1. The lowest BCUT2D eigenvalue weighted by Crippen LogP contribution is -2.44. The summed E-state index contributed by atoms with van der Waals surface area (Å²) in [6.07, 6.45) is 3.18. The number of rotatable bonds is 4. The van der Waals surface area contributed by atoms with Gasteiger partial charge in [0.1, 0.15) is 12.5 Å². The molecule has 6 nitrogen and oxygen atoms in total. The van der Waals surface area contributed by atoms with Gasteiger partial charge in [0.25, 0.3) is 0 Å². The lowest BCUT2D eigenvalue weighted by atomic mass is 10.1. The molecule has 1 fully saturated rings. The summed E-state index contributed by atoms with van der Waals surface area (Å²) < 4.78 is 5.55. The highest BCUT2D eigenvalue weighted by molar-refractivity contribution is 5.76. The number of nitrogens with one attached hydrogen (secondary N) is 1. The minimum absolute atomic E-state index is 0.0696. The van der Waals surface area contributed by atoms with Crippen molar-refractivity contribution in [3.8, 4) is 0 Å². The summed E-state index contributed by atoms with van der Waals surface area (Å²) in [4.78, 5) is 23.3. The third-order valence-corrected chi connectivity index (χ3v) is 2.70. The maximum atomic E-state index is 11.7. The molecule has 1 rings (SSSR count). The van der Waals surface area contributed by atoms with Crippen LogP contribution >= 0.6 is 0 Å². The lowest BCUT2D eigenvalue weighted by molar-refractivity contribution is -0.104. The fourth-order valence-electron chi connectivity index (χ4n) is 1.90. The maximum absolute atomic E-state index is 11.7. The van der Waals surface area contributed by atoms with E-state index in [1.54, 1.807) is 0 Å². The van der Waals surface area contributed by atoms with Crippen molar-refractivity contribution in [2.24, 2.45) is 5.92 Å². The number of carbonyl (C=O) groups is 2. The molecule has 0 radical (unpaired) electrons. The van der Waals surface area contributed by atoms with E-state index in [0.29, 0.717) is 12.7 Å². The fraction of sp³-hybridized carbons (Fsp3) is 0.636. The van der Waals surface area contributed by atoms with E-state index < -0.39 is 6.23 Å². The first-order valence-electron chi connectivity index (χ1n) is 5.52. The first-order valence-corrected chi connectivity index (χ1v) is 5.52. The number of allylic oxidation sites excluding steroid dienone is 1. The van der Waals surface area contributed by atoms with Crippen molar-refractivity contribution in [2.75, 3.05) is 13.7 Å². The predicted molar refractivity (Wildman–Crippen MR) is 61.0 cm³/mol. The van der Waals surface area contributed by atoms with Crippen LogP contribution in [0, 0.1) is 5.92 Å². The van der Waals surface area contributed by atoms with Gasteiger partial charge in [0, 0.05) is 19.2 Å². The standard InChI is InChI=1S/C11H18N2O4/c1-8-6-9(7-15)17-10(8)13(4-3-5-14)11(16)12-2/h3-5,8-10,15H,6-7H2,1-2H3,(H,12,16)/b4-3-/t8-,9?,10?/m0/s1. The highest BCUT2D eigenvalue weighted by atomic mass is 16.5. The zero-order valence-corrected chi connectivity index (χ0v) is 10.00. The van der Waals surface area contributed by atoms with Crippen molar-refractivity contribution in [3.63, 3.8) is 0 Å². The predicted octanol–water partition coefficient (Wildman–Crippen LogP) is 0.0838. The molecule has 2 amide bonds. The van der Waals surface area contributed by atoms with Gasteiger partial charge in [-0.15, -0.1) is 0 Å². The molecule has 0 aliphatic carbocycles. The molecule has 2 unspecified atom stereocenters. The molecule has 1 aliphatic heterocycles. The highest BCUT2D eigenvalue weighted by Gasteiger charge is 2.37. The molecule has 1 saturated heterocycles. The van der Waals surface area contributed by atoms with Crippen molar-refractivity contribution >= 4 is 12.3 Å². The van der Waals surface area contributed by atoms with Crippen LogP contribution in [0.3, 0.4) is 0 Å². The van der Waals surface area contributed by atoms with Gasteiger partial charge >= 0.3 is 6.03 Å². The SMILES string of the molecule is CNC(=O)N(/C=C\C=O)C1OC(CO)C[C@@H]1C.